The van der Waals surface area contributed by atoms with E-state index in [1.165, 1.54) is 38.1 Å². The van der Waals surface area contributed by atoms with Crippen LogP contribution in [0, 0.1) is 0 Å². The summed E-state index contributed by atoms with van der Waals surface area (Å²) in [5.74, 6) is -0.404. The lowest BCUT2D eigenvalue weighted by Crippen LogP contribution is -2.45. The zero-order chi connectivity index (χ0) is 14.0. The van der Waals surface area contributed by atoms with Crippen LogP contribution in [-0.4, -0.2) is 17.0 Å². The van der Waals surface area contributed by atoms with Gasteiger partial charge in [-0.2, -0.15) is 13.2 Å². The third-order valence-electron chi connectivity index (χ3n) is 1.93. The van der Waals surface area contributed by atoms with Gasteiger partial charge in [-0.15, -0.1) is 0 Å². The van der Waals surface area contributed by atoms with Gasteiger partial charge in [-0.3, -0.25) is 4.79 Å². The third kappa shape index (κ3) is 4.97. The number of hydrogen-bond acceptors (Lipinski definition) is 3. The molecule has 0 unspecified atom stereocenters. The van der Waals surface area contributed by atoms with Gasteiger partial charge in [-0.25, -0.2) is 0 Å². The Morgan fingerprint density at radius 2 is 1.72 bits per heavy atom. The zero-order valence-corrected chi connectivity index (χ0v) is 10.7. The first-order valence-electron chi connectivity index (χ1n) is 5.04. The van der Waals surface area contributed by atoms with Crippen LogP contribution in [-0.2, 0) is 4.79 Å². The predicted molar refractivity (Wildman–Crippen MR) is 65.3 cm³/mol. The minimum absolute atomic E-state index is 0.0625. The van der Waals surface area contributed by atoms with Gasteiger partial charge < -0.3 is 11.1 Å². The maximum atomic E-state index is 12.1. The van der Waals surface area contributed by atoms with Crippen molar-refractivity contribution in [3.8, 4) is 0 Å². The summed E-state index contributed by atoms with van der Waals surface area (Å²) in [6.07, 6.45) is 0. The summed E-state index contributed by atoms with van der Waals surface area (Å²) in [6, 6.07) is 5.38. The smallest absolute Gasteiger partial charge is 0.325 e. The summed E-state index contributed by atoms with van der Waals surface area (Å²) < 4.78 is 36.3. The monoisotopic (exact) mass is 278 g/mol. The molecule has 0 aliphatic heterocycles. The summed E-state index contributed by atoms with van der Waals surface area (Å²) in [7, 11) is 0. The lowest BCUT2D eigenvalue weighted by Gasteiger charge is -2.17. The Hall–Kier alpha value is -1.21. The number of benzene rings is 1. The highest BCUT2D eigenvalue weighted by Gasteiger charge is 2.29. The van der Waals surface area contributed by atoms with E-state index in [9.17, 15) is 18.0 Å². The van der Waals surface area contributed by atoms with E-state index in [1.807, 2.05) is 0 Å². The summed E-state index contributed by atoms with van der Waals surface area (Å²) in [4.78, 5) is 11.6. The predicted octanol–water partition coefficient (Wildman–Crippen LogP) is 2.97. The molecule has 0 aromatic heterocycles. The van der Waals surface area contributed by atoms with Crippen molar-refractivity contribution in [2.45, 2.75) is 29.8 Å². The zero-order valence-electron chi connectivity index (χ0n) is 9.84. The van der Waals surface area contributed by atoms with Crippen LogP contribution >= 0.6 is 11.8 Å². The van der Waals surface area contributed by atoms with Crippen molar-refractivity contribution in [1.82, 2.24) is 0 Å². The molecule has 1 aromatic carbocycles. The van der Waals surface area contributed by atoms with Crippen LogP contribution in [0.25, 0.3) is 0 Å². The van der Waals surface area contributed by atoms with Gasteiger partial charge >= 0.3 is 5.51 Å². The number of rotatable bonds is 3. The second-order valence-electron chi connectivity index (χ2n) is 4.25. The number of alkyl halides is 3. The second-order valence-corrected chi connectivity index (χ2v) is 5.39. The normalized spacial score (nSPS) is 12.3. The lowest BCUT2D eigenvalue weighted by atomic mass is 10.1. The molecule has 0 saturated carbocycles. The van der Waals surface area contributed by atoms with Gasteiger partial charge in [0.1, 0.15) is 0 Å². The van der Waals surface area contributed by atoms with Crippen LogP contribution in [0.2, 0.25) is 0 Å². The number of anilines is 1. The highest BCUT2D eigenvalue weighted by molar-refractivity contribution is 8.00. The fourth-order valence-corrected chi connectivity index (χ4v) is 1.57. The molecule has 0 saturated heterocycles. The molecule has 3 N–H and O–H groups in total. The molecule has 0 aliphatic carbocycles. The summed E-state index contributed by atoms with van der Waals surface area (Å²) in [5.41, 5.74) is 0.625. The van der Waals surface area contributed by atoms with Crippen molar-refractivity contribution < 1.29 is 18.0 Å². The van der Waals surface area contributed by atoms with Gasteiger partial charge in [-0.05, 0) is 49.9 Å². The van der Waals surface area contributed by atoms with Crippen molar-refractivity contribution in [2.24, 2.45) is 5.73 Å². The molecule has 1 rings (SSSR count). The molecule has 0 heterocycles. The van der Waals surface area contributed by atoms with E-state index in [1.54, 1.807) is 0 Å². The average molecular weight is 278 g/mol. The first-order valence-corrected chi connectivity index (χ1v) is 5.86. The third-order valence-corrected chi connectivity index (χ3v) is 2.67. The van der Waals surface area contributed by atoms with Crippen LogP contribution in [0.1, 0.15) is 13.8 Å². The highest BCUT2D eigenvalue weighted by Crippen LogP contribution is 2.37. The van der Waals surface area contributed by atoms with Crippen molar-refractivity contribution >= 4 is 23.4 Å². The van der Waals surface area contributed by atoms with E-state index in [0.29, 0.717) is 5.69 Å². The minimum atomic E-state index is -4.32. The van der Waals surface area contributed by atoms with E-state index in [0.717, 1.165) is 0 Å². The topological polar surface area (TPSA) is 55.1 Å². The van der Waals surface area contributed by atoms with Crippen LogP contribution in [0.3, 0.4) is 0 Å². The average Bonchev–Trinajstić information content (AvgIpc) is 2.17. The molecule has 100 valence electrons. The van der Waals surface area contributed by atoms with Crippen molar-refractivity contribution in [2.75, 3.05) is 5.32 Å². The van der Waals surface area contributed by atoms with E-state index < -0.39 is 17.0 Å². The standard InChI is InChI=1S/C11H13F3N2OS/c1-10(2,15)9(17)16-7-3-5-8(6-4-7)18-11(12,13)14/h3-6H,15H2,1-2H3,(H,16,17). The highest BCUT2D eigenvalue weighted by atomic mass is 32.2. The molecule has 1 amide bonds. The van der Waals surface area contributed by atoms with Crippen LogP contribution in [0.15, 0.2) is 29.2 Å². The molecule has 0 fully saturated rings. The van der Waals surface area contributed by atoms with E-state index in [4.69, 9.17) is 5.73 Å². The maximum absolute atomic E-state index is 12.1. The largest absolute Gasteiger partial charge is 0.446 e. The number of hydrogen-bond donors (Lipinski definition) is 2. The number of halogens is 3. The Morgan fingerprint density at radius 3 is 2.11 bits per heavy atom. The number of carbonyl (C=O) groups is 1. The van der Waals surface area contributed by atoms with E-state index in [-0.39, 0.29) is 16.7 Å². The fourth-order valence-electron chi connectivity index (χ4n) is 1.03. The van der Waals surface area contributed by atoms with Gasteiger partial charge in [0, 0.05) is 10.6 Å². The molecule has 0 atom stereocenters. The molecular weight excluding hydrogens is 265 g/mol. The van der Waals surface area contributed by atoms with Crippen molar-refractivity contribution in [3.63, 3.8) is 0 Å². The Labute approximate surface area is 107 Å². The molecule has 18 heavy (non-hydrogen) atoms. The van der Waals surface area contributed by atoms with Crippen molar-refractivity contribution in [1.29, 1.82) is 0 Å². The molecule has 3 nitrogen and oxygen atoms in total. The van der Waals surface area contributed by atoms with E-state index >= 15 is 0 Å². The Bertz CT molecular complexity index is 423. The number of carbonyl (C=O) groups excluding carboxylic acids is 1. The number of nitrogens with one attached hydrogen (secondary N) is 1. The van der Waals surface area contributed by atoms with Gasteiger partial charge in [0.25, 0.3) is 0 Å². The van der Waals surface area contributed by atoms with Crippen LogP contribution < -0.4 is 11.1 Å². The van der Waals surface area contributed by atoms with Gasteiger partial charge in [0.05, 0.1) is 5.54 Å². The molecule has 0 spiro atoms. The quantitative estimate of drug-likeness (QED) is 0.836. The van der Waals surface area contributed by atoms with Crippen LogP contribution in [0.4, 0.5) is 18.9 Å². The number of nitrogens with two attached hydrogens (primary N) is 1. The summed E-state index contributed by atoms with van der Waals surface area (Å²) >= 11 is -0.204. The van der Waals surface area contributed by atoms with Crippen LogP contribution in [0.5, 0.6) is 0 Å². The molecule has 7 heteroatoms. The molecule has 0 radical (unpaired) electrons. The Balaban J connectivity index is 2.70. The minimum Gasteiger partial charge on any atom is -0.325 e. The van der Waals surface area contributed by atoms with Gasteiger partial charge in [0.15, 0.2) is 0 Å². The maximum Gasteiger partial charge on any atom is 0.446 e. The first-order chi connectivity index (χ1) is 8.08. The van der Waals surface area contributed by atoms with Gasteiger partial charge in [-0.1, -0.05) is 0 Å². The second kappa shape index (κ2) is 5.19. The lowest BCUT2D eigenvalue weighted by molar-refractivity contribution is -0.120. The van der Waals surface area contributed by atoms with Gasteiger partial charge in [0.2, 0.25) is 5.91 Å². The fraction of sp³-hybridized carbons (Fsp3) is 0.364. The number of thioether (sulfide) groups is 1. The summed E-state index contributed by atoms with van der Waals surface area (Å²) in [6.45, 7) is 3.08. The summed E-state index contributed by atoms with van der Waals surface area (Å²) in [5, 5.41) is 2.52. The Morgan fingerprint density at radius 1 is 1.22 bits per heavy atom. The molecule has 0 aliphatic rings. The molecule has 1 aromatic rings. The Kier molecular flexibility index (Phi) is 4.28. The first kappa shape index (κ1) is 14.8. The molecule has 0 bridgehead atoms. The number of amides is 1. The van der Waals surface area contributed by atoms with Crippen molar-refractivity contribution in [3.05, 3.63) is 24.3 Å². The molecular formula is C11H13F3N2OS. The SMILES string of the molecule is CC(C)(N)C(=O)Nc1ccc(SC(F)(F)F)cc1. The van der Waals surface area contributed by atoms with E-state index in [2.05, 4.69) is 5.32 Å².